The van der Waals surface area contributed by atoms with Gasteiger partial charge in [0.2, 0.25) is 0 Å². The normalized spacial score (nSPS) is 11.0. The van der Waals surface area contributed by atoms with Gasteiger partial charge in [-0.25, -0.2) is 4.79 Å². The van der Waals surface area contributed by atoms with E-state index in [9.17, 15) is 9.59 Å². The SMILES string of the molecule is Cc1cc2cc(CNC(=O)NCCC(C)C)c(=O)[nH]c2cc1C. The minimum Gasteiger partial charge on any atom is -0.338 e. The van der Waals surface area contributed by atoms with Gasteiger partial charge in [-0.2, -0.15) is 0 Å². The van der Waals surface area contributed by atoms with Crippen molar-refractivity contribution in [2.45, 2.75) is 40.7 Å². The number of pyridine rings is 1. The monoisotopic (exact) mass is 315 g/mol. The Hall–Kier alpha value is -2.30. The summed E-state index contributed by atoms with van der Waals surface area (Å²) < 4.78 is 0. The third kappa shape index (κ3) is 4.58. The lowest BCUT2D eigenvalue weighted by Gasteiger charge is -2.10. The highest BCUT2D eigenvalue weighted by Crippen LogP contribution is 2.17. The van der Waals surface area contributed by atoms with Crippen LogP contribution in [0.1, 0.15) is 37.0 Å². The first-order valence-corrected chi connectivity index (χ1v) is 8.01. The second-order valence-corrected chi connectivity index (χ2v) is 6.44. The molecule has 2 aromatic rings. The van der Waals surface area contributed by atoms with Crippen molar-refractivity contribution in [3.05, 3.63) is 45.2 Å². The number of carbonyl (C=O) groups is 1. The third-order valence-corrected chi connectivity index (χ3v) is 3.98. The van der Waals surface area contributed by atoms with Gasteiger partial charge >= 0.3 is 6.03 Å². The molecule has 1 aromatic carbocycles. The van der Waals surface area contributed by atoms with Crippen molar-refractivity contribution in [2.24, 2.45) is 5.92 Å². The second-order valence-electron chi connectivity index (χ2n) is 6.44. The lowest BCUT2D eigenvalue weighted by molar-refractivity contribution is 0.240. The molecule has 0 aliphatic heterocycles. The molecule has 5 heteroatoms. The van der Waals surface area contributed by atoms with E-state index in [0.717, 1.165) is 22.9 Å². The van der Waals surface area contributed by atoms with Crippen LogP contribution in [0.4, 0.5) is 4.79 Å². The molecule has 2 amide bonds. The smallest absolute Gasteiger partial charge is 0.315 e. The number of rotatable bonds is 5. The van der Waals surface area contributed by atoms with E-state index in [0.29, 0.717) is 18.0 Å². The Kier molecular flexibility index (Phi) is 5.42. The Balaban J connectivity index is 2.05. The van der Waals surface area contributed by atoms with E-state index in [1.54, 1.807) is 0 Å². The highest BCUT2D eigenvalue weighted by Gasteiger charge is 2.07. The third-order valence-electron chi connectivity index (χ3n) is 3.98. The molecular weight excluding hydrogens is 290 g/mol. The number of hydrogen-bond acceptors (Lipinski definition) is 2. The van der Waals surface area contributed by atoms with E-state index in [4.69, 9.17) is 0 Å². The molecule has 0 saturated heterocycles. The summed E-state index contributed by atoms with van der Waals surface area (Å²) in [6.45, 7) is 9.13. The van der Waals surface area contributed by atoms with Gasteiger partial charge in [0, 0.05) is 24.2 Å². The molecule has 0 fully saturated rings. The quantitative estimate of drug-likeness (QED) is 0.793. The Labute approximate surface area is 136 Å². The van der Waals surface area contributed by atoms with Crippen molar-refractivity contribution in [2.75, 3.05) is 6.54 Å². The summed E-state index contributed by atoms with van der Waals surface area (Å²) in [6.07, 6.45) is 0.933. The van der Waals surface area contributed by atoms with Gasteiger partial charge in [0.05, 0.1) is 0 Å². The first-order chi connectivity index (χ1) is 10.9. The predicted octanol–water partition coefficient (Wildman–Crippen LogP) is 2.99. The largest absolute Gasteiger partial charge is 0.338 e. The summed E-state index contributed by atoms with van der Waals surface area (Å²) >= 11 is 0. The van der Waals surface area contributed by atoms with E-state index < -0.39 is 0 Å². The number of carbonyl (C=O) groups excluding carboxylic acids is 1. The summed E-state index contributed by atoms with van der Waals surface area (Å²) in [5.41, 5.74) is 3.53. The molecule has 0 unspecified atom stereocenters. The van der Waals surface area contributed by atoms with E-state index >= 15 is 0 Å². The molecule has 0 atom stereocenters. The molecule has 0 spiro atoms. The summed E-state index contributed by atoms with van der Waals surface area (Å²) in [4.78, 5) is 26.7. The number of aromatic amines is 1. The van der Waals surface area contributed by atoms with Crippen LogP contribution in [0.15, 0.2) is 23.0 Å². The molecule has 3 N–H and O–H groups in total. The van der Waals surface area contributed by atoms with Crippen molar-refractivity contribution in [3.63, 3.8) is 0 Å². The second kappa shape index (κ2) is 7.31. The van der Waals surface area contributed by atoms with Gasteiger partial charge < -0.3 is 15.6 Å². The first kappa shape index (κ1) is 17.1. The summed E-state index contributed by atoms with van der Waals surface area (Å²) in [6, 6.07) is 5.62. The number of amides is 2. The maximum atomic E-state index is 12.1. The van der Waals surface area contributed by atoms with Gasteiger partial charge in [-0.05, 0) is 60.9 Å². The number of hydrogen-bond donors (Lipinski definition) is 3. The number of benzene rings is 1. The van der Waals surface area contributed by atoms with Crippen LogP contribution in [0.3, 0.4) is 0 Å². The zero-order valence-corrected chi connectivity index (χ0v) is 14.2. The number of H-pyrrole nitrogens is 1. The fourth-order valence-corrected chi connectivity index (χ4v) is 2.37. The average Bonchev–Trinajstić information content (AvgIpc) is 2.47. The Morgan fingerprint density at radius 2 is 1.83 bits per heavy atom. The van der Waals surface area contributed by atoms with Crippen LogP contribution < -0.4 is 16.2 Å². The van der Waals surface area contributed by atoms with Gasteiger partial charge in [-0.3, -0.25) is 4.79 Å². The lowest BCUT2D eigenvalue weighted by Crippen LogP contribution is -2.37. The fourth-order valence-electron chi connectivity index (χ4n) is 2.37. The standard InChI is InChI=1S/C18H25N3O2/c1-11(2)5-6-19-18(23)20-10-15-9-14-7-12(3)13(4)8-16(14)21-17(15)22/h7-9,11H,5-6,10H2,1-4H3,(H,21,22)(H2,19,20,23). The van der Waals surface area contributed by atoms with Gasteiger partial charge in [-0.1, -0.05) is 13.8 Å². The summed E-state index contributed by atoms with van der Waals surface area (Å²) in [5.74, 6) is 0.547. The van der Waals surface area contributed by atoms with Crippen LogP contribution >= 0.6 is 0 Å². The number of aryl methyl sites for hydroxylation is 2. The Bertz CT molecular complexity index is 763. The van der Waals surface area contributed by atoms with Crippen LogP contribution in [-0.4, -0.2) is 17.6 Å². The van der Waals surface area contributed by atoms with Crippen LogP contribution in [0.2, 0.25) is 0 Å². The zero-order chi connectivity index (χ0) is 17.0. The maximum absolute atomic E-state index is 12.1. The van der Waals surface area contributed by atoms with E-state index in [1.165, 1.54) is 5.56 Å². The van der Waals surface area contributed by atoms with Crippen molar-refractivity contribution in [1.82, 2.24) is 15.6 Å². The van der Waals surface area contributed by atoms with Gasteiger partial charge in [0.25, 0.3) is 5.56 Å². The van der Waals surface area contributed by atoms with E-state index in [1.807, 2.05) is 32.0 Å². The van der Waals surface area contributed by atoms with Crippen LogP contribution in [-0.2, 0) is 6.54 Å². The molecule has 0 aliphatic carbocycles. The molecule has 23 heavy (non-hydrogen) atoms. The molecule has 0 bridgehead atoms. The molecular formula is C18H25N3O2. The van der Waals surface area contributed by atoms with E-state index in [-0.39, 0.29) is 18.1 Å². The molecule has 124 valence electrons. The fraction of sp³-hybridized carbons (Fsp3) is 0.444. The molecule has 0 aliphatic rings. The minimum atomic E-state index is -0.245. The van der Waals surface area contributed by atoms with Crippen molar-refractivity contribution < 1.29 is 4.79 Å². The number of aromatic nitrogens is 1. The predicted molar refractivity (Wildman–Crippen MR) is 93.7 cm³/mol. The Morgan fingerprint density at radius 1 is 1.13 bits per heavy atom. The highest BCUT2D eigenvalue weighted by molar-refractivity contribution is 5.81. The minimum absolute atomic E-state index is 0.164. The number of fused-ring (bicyclic) bond motifs is 1. The molecule has 0 saturated carbocycles. The van der Waals surface area contributed by atoms with Crippen molar-refractivity contribution >= 4 is 16.9 Å². The van der Waals surface area contributed by atoms with Gasteiger partial charge in [-0.15, -0.1) is 0 Å². The molecule has 1 aromatic heterocycles. The topological polar surface area (TPSA) is 74.0 Å². The molecule has 5 nitrogen and oxygen atoms in total. The first-order valence-electron chi connectivity index (χ1n) is 8.01. The number of urea groups is 1. The molecule has 0 radical (unpaired) electrons. The Morgan fingerprint density at radius 3 is 2.52 bits per heavy atom. The van der Waals surface area contributed by atoms with Gasteiger partial charge in [0.15, 0.2) is 0 Å². The lowest BCUT2D eigenvalue weighted by atomic mass is 10.1. The van der Waals surface area contributed by atoms with E-state index in [2.05, 4.69) is 29.5 Å². The van der Waals surface area contributed by atoms with Crippen molar-refractivity contribution in [3.8, 4) is 0 Å². The molecule has 1 heterocycles. The molecule has 2 rings (SSSR count). The highest BCUT2D eigenvalue weighted by atomic mass is 16.2. The zero-order valence-electron chi connectivity index (χ0n) is 14.2. The van der Waals surface area contributed by atoms with Crippen LogP contribution in [0.25, 0.3) is 10.9 Å². The maximum Gasteiger partial charge on any atom is 0.315 e. The van der Waals surface area contributed by atoms with Crippen molar-refractivity contribution in [1.29, 1.82) is 0 Å². The average molecular weight is 315 g/mol. The number of nitrogens with one attached hydrogen (secondary N) is 3. The summed E-state index contributed by atoms with van der Waals surface area (Å²) in [5, 5.41) is 6.51. The van der Waals surface area contributed by atoms with Crippen LogP contribution in [0, 0.1) is 19.8 Å². The summed E-state index contributed by atoms with van der Waals surface area (Å²) in [7, 11) is 0. The van der Waals surface area contributed by atoms with Crippen LogP contribution in [0.5, 0.6) is 0 Å². The van der Waals surface area contributed by atoms with Gasteiger partial charge in [0.1, 0.15) is 0 Å².